The molecule has 1 heterocycles. The highest BCUT2D eigenvalue weighted by Gasteiger charge is 2.20. The number of hydrogen-bond acceptors (Lipinski definition) is 4. The molecular weight excluding hydrogens is 250 g/mol. The van der Waals surface area contributed by atoms with Crippen molar-refractivity contribution >= 4 is 17.4 Å². The first kappa shape index (κ1) is 14.9. The largest absolute Gasteiger partial charge is 0.395 e. The van der Waals surface area contributed by atoms with Crippen LogP contribution in [0.5, 0.6) is 0 Å². The highest BCUT2D eigenvalue weighted by atomic mass is 32.1. The van der Waals surface area contributed by atoms with Gasteiger partial charge in [-0.3, -0.25) is 0 Å². The molecule has 1 rings (SSSR count). The summed E-state index contributed by atoms with van der Waals surface area (Å²) < 4.78 is 0. The van der Waals surface area contributed by atoms with Gasteiger partial charge in [-0.05, 0) is 6.92 Å². The van der Waals surface area contributed by atoms with Crippen LogP contribution in [0.3, 0.4) is 0 Å². The van der Waals surface area contributed by atoms with E-state index in [1.165, 1.54) is 0 Å². The maximum atomic E-state index is 11.4. The van der Waals surface area contributed by atoms with Gasteiger partial charge in [0.15, 0.2) is 0 Å². The van der Waals surface area contributed by atoms with Gasteiger partial charge >= 0.3 is 6.03 Å². The molecule has 0 aromatic carbocycles. The molecule has 18 heavy (non-hydrogen) atoms. The third-order valence-corrected chi connectivity index (χ3v) is 3.43. The van der Waals surface area contributed by atoms with Crippen molar-refractivity contribution in [2.75, 3.05) is 13.2 Å². The molecule has 0 fully saturated rings. The number of amides is 2. The summed E-state index contributed by atoms with van der Waals surface area (Å²) >= 11 is 1.55. The van der Waals surface area contributed by atoms with Crippen molar-refractivity contribution in [3.8, 4) is 0 Å². The lowest BCUT2D eigenvalue weighted by atomic mass is 9.93. The van der Waals surface area contributed by atoms with Crippen molar-refractivity contribution in [2.24, 2.45) is 0 Å². The number of carbonyl (C=O) groups is 1. The molecule has 0 saturated heterocycles. The summed E-state index contributed by atoms with van der Waals surface area (Å²) in [6, 6.07) is -0.422. The molecule has 6 heteroatoms. The van der Waals surface area contributed by atoms with Crippen LogP contribution in [-0.4, -0.2) is 29.3 Å². The molecule has 2 amide bonds. The van der Waals surface area contributed by atoms with E-state index in [-0.39, 0.29) is 30.6 Å². The lowest BCUT2D eigenvalue weighted by Crippen LogP contribution is -2.38. The van der Waals surface area contributed by atoms with Gasteiger partial charge in [0.2, 0.25) is 0 Å². The summed E-state index contributed by atoms with van der Waals surface area (Å²) in [5.41, 5.74) is 1.06. The molecule has 1 atom stereocenters. The van der Waals surface area contributed by atoms with Gasteiger partial charge in [0.05, 0.1) is 18.3 Å². The summed E-state index contributed by atoms with van der Waals surface area (Å²) in [4.78, 5) is 16.0. The van der Waals surface area contributed by atoms with Crippen molar-refractivity contribution in [3.05, 3.63) is 16.1 Å². The number of carbonyl (C=O) groups excluding carboxylic acids is 1. The van der Waals surface area contributed by atoms with Crippen molar-refractivity contribution in [1.82, 2.24) is 15.6 Å². The predicted molar refractivity (Wildman–Crippen MR) is 72.8 cm³/mol. The first-order chi connectivity index (χ1) is 8.34. The molecule has 1 aromatic heterocycles. The third kappa shape index (κ3) is 4.27. The van der Waals surface area contributed by atoms with Crippen LogP contribution in [0, 0.1) is 0 Å². The molecule has 0 aliphatic carbocycles. The molecule has 1 aromatic rings. The SMILES string of the molecule is CC(NC(=O)NCCO)c1nc(C(C)(C)C)cs1. The molecule has 0 radical (unpaired) electrons. The second-order valence-electron chi connectivity index (χ2n) is 5.17. The van der Waals surface area contributed by atoms with E-state index in [0.717, 1.165) is 10.7 Å². The Labute approximate surface area is 112 Å². The second-order valence-corrected chi connectivity index (χ2v) is 6.06. The summed E-state index contributed by atoms with van der Waals surface area (Å²) in [7, 11) is 0. The number of thiazole rings is 1. The van der Waals surface area contributed by atoms with Gasteiger partial charge in [0, 0.05) is 17.3 Å². The minimum atomic E-state index is -0.288. The van der Waals surface area contributed by atoms with Crippen molar-refractivity contribution < 1.29 is 9.90 Å². The van der Waals surface area contributed by atoms with Gasteiger partial charge in [-0.15, -0.1) is 11.3 Å². The Hall–Kier alpha value is -1.14. The first-order valence-electron chi connectivity index (χ1n) is 5.95. The topological polar surface area (TPSA) is 74.2 Å². The number of nitrogens with one attached hydrogen (secondary N) is 2. The van der Waals surface area contributed by atoms with Crippen molar-refractivity contribution in [1.29, 1.82) is 0 Å². The molecule has 3 N–H and O–H groups in total. The Morgan fingerprint density at radius 1 is 1.56 bits per heavy atom. The normalized spacial score (nSPS) is 13.2. The smallest absolute Gasteiger partial charge is 0.315 e. The van der Waals surface area contributed by atoms with Crippen LogP contribution in [0.25, 0.3) is 0 Å². The molecule has 1 unspecified atom stereocenters. The zero-order chi connectivity index (χ0) is 13.8. The molecule has 0 bridgehead atoms. The predicted octanol–water partition coefficient (Wildman–Crippen LogP) is 1.79. The summed E-state index contributed by atoms with van der Waals surface area (Å²) in [5, 5.41) is 16.9. The van der Waals surface area contributed by atoms with Gasteiger partial charge in [-0.2, -0.15) is 0 Å². The summed E-state index contributed by atoms with van der Waals surface area (Å²) in [6.45, 7) is 8.41. The maximum Gasteiger partial charge on any atom is 0.315 e. The second kappa shape index (κ2) is 6.15. The molecule has 5 nitrogen and oxygen atoms in total. The molecule has 102 valence electrons. The van der Waals surface area contributed by atoms with E-state index in [1.807, 2.05) is 12.3 Å². The Kier molecular flexibility index (Phi) is 5.10. The molecule has 0 aliphatic rings. The van der Waals surface area contributed by atoms with Crippen LogP contribution >= 0.6 is 11.3 Å². The fourth-order valence-corrected chi connectivity index (χ4v) is 2.36. The van der Waals surface area contributed by atoms with Gasteiger partial charge in [-0.25, -0.2) is 9.78 Å². The number of aromatic nitrogens is 1. The Bertz CT molecular complexity index is 398. The van der Waals surface area contributed by atoms with Crippen LogP contribution < -0.4 is 10.6 Å². The van der Waals surface area contributed by atoms with Crippen LogP contribution in [0.1, 0.15) is 44.4 Å². The molecular formula is C12H21N3O2S. The first-order valence-corrected chi connectivity index (χ1v) is 6.83. The fourth-order valence-electron chi connectivity index (χ4n) is 1.31. The van der Waals surface area contributed by atoms with Crippen LogP contribution in [0.2, 0.25) is 0 Å². The minimum Gasteiger partial charge on any atom is -0.395 e. The highest BCUT2D eigenvalue weighted by Crippen LogP contribution is 2.26. The number of urea groups is 1. The standard InChI is InChI=1S/C12H21N3O2S/c1-8(14-11(17)13-5-6-16)10-15-9(7-18-10)12(2,3)4/h7-8,16H,5-6H2,1-4H3,(H2,13,14,17). The zero-order valence-corrected chi connectivity index (χ0v) is 12.1. The van der Waals surface area contributed by atoms with Crippen molar-refractivity contribution in [2.45, 2.75) is 39.2 Å². The van der Waals surface area contributed by atoms with E-state index in [9.17, 15) is 4.79 Å². The lowest BCUT2D eigenvalue weighted by Gasteiger charge is -2.15. The quantitative estimate of drug-likeness (QED) is 0.781. The van der Waals surface area contributed by atoms with E-state index >= 15 is 0 Å². The van der Waals surface area contributed by atoms with Crippen molar-refractivity contribution in [3.63, 3.8) is 0 Å². The van der Waals surface area contributed by atoms with Gasteiger partial charge < -0.3 is 15.7 Å². The van der Waals surface area contributed by atoms with E-state index in [2.05, 4.69) is 36.4 Å². The number of rotatable bonds is 4. The van der Waals surface area contributed by atoms with Crippen LogP contribution in [0.4, 0.5) is 4.79 Å². The Morgan fingerprint density at radius 2 is 2.22 bits per heavy atom. The van der Waals surface area contributed by atoms with E-state index < -0.39 is 0 Å². The van der Waals surface area contributed by atoms with Crippen LogP contribution in [-0.2, 0) is 5.41 Å². The lowest BCUT2D eigenvalue weighted by molar-refractivity contribution is 0.231. The molecule has 0 saturated carbocycles. The summed E-state index contributed by atoms with van der Waals surface area (Å²) in [5.74, 6) is 0. The molecule has 0 aliphatic heterocycles. The van der Waals surface area contributed by atoms with E-state index in [4.69, 9.17) is 5.11 Å². The average Bonchev–Trinajstić information content (AvgIpc) is 2.75. The monoisotopic (exact) mass is 271 g/mol. The Balaban J connectivity index is 2.59. The number of aliphatic hydroxyl groups excluding tert-OH is 1. The molecule has 0 spiro atoms. The number of nitrogens with zero attached hydrogens (tertiary/aromatic N) is 1. The number of hydrogen-bond donors (Lipinski definition) is 3. The third-order valence-electron chi connectivity index (χ3n) is 2.41. The minimum absolute atomic E-state index is 0.0214. The van der Waals surface area contributed by atoms with Gasteiger partial charge in [0.1, 0.15) is 5.01 Å². The van der Waals surface area contributed by atoms with Gasteiger partial charge in [-0.1, -0.05) is 20.8 Å². The van der Waals surface area contributed by atoms with Gasteiger partial charge in [0.25, 0.3) is 0 Å². The van der Waals surface area contributed by atoms with E-state index in [1.54, 1.807) is 11.3 Å². The average molecular weight is 271 g/mol. The Morgan fingerprint density at radius 3 is 2.72 bits per heavy atom. The maximum absolute atomic E-state index is 11.4. The zero-order valence-electron chi connectivity index (χ0n) is 11.3. The fraction of sp³-hybridized carbons (Fsp3) is 0.667. The van der Waals surface area contributed by atoms with E-state index in [0.29, 0.717) is 0 Å². The number of aliphatic hydroxyl groups is 1. The highest BCUT2D eigenvalue weighted by molar-refractivity contribution is 7.09. The van der Waals surface area contributed by atoms with Crippen LogP contribution in [0.15, 0.2) is 5.38 Å². The summed E-state index contributed by atoms with van der Waals surface area (Å²) in [6.07, 6.45) is 0.